The Morgan fingerprint density at radius 3 is 2.82 bits per heavy atom. The highest BCUT2D eigenvalue weighted by Crippen LogP contribution is 2.28. The number of hydrogen-bond donors (Lipinski definition) is 1. The summed E-state index contributed by atoms with van der Waals surface area (Å²) in [5.74, 6) is 0.699. The minimum absolute atomic E-state index is 0.0150. The van der Waals surface area contributed by atoms with Crippen molar-refractivity contribution in [2.75, 3.05) is 0 Å². The summed E-state index contributed by atoms with van der Waals surface area (Å²) in [4.78, 5) is 1.18. The van der Waals surface area contributed by atoms with E-state index in [2.05, 4.69) is 0 Å². The molecule has 0 saturated heterocycles. The van der Waals surface area contributed by atoms with Gasteiger partial charge >= 0.3 is 0 Å². The van der Waals surface area contributed by atoms with Crippen LogP contribution >= 0.6 is 22.9 Å². The summed E-state index contributed by atoms with van der Waals surface area (Å²) >= 11 is 7.80. The first-order chi connectivity index (χ1) is 8.16. The number of thiophene rings is 1. The van der Waals surface area contributed by atoms with Crippen LogP contribution in [0.3, 0.4) is 0 Å². The molecule has 0 saturated carbocycles. The molecule has 0 amide bonds. The zero-order chi connectivity index (χ0) is 12.3. The van der Waals surface area contributed by atoms with Gasteiger partial charge < -0.3 is 10.5 Å². The van der Waals surface area contributed by atoms with Crippen LogP contribution in [0.1, 0.15) is 23.4 Å². The monoisotopic (exact) mass is 267 g/mol. The van der Waals surface area contributed by atoms with Gasteiger partial charge in [0.05, 0.1) is 5.02 Å². The van der Waals surface area contributed by atoms with Crippen LogP contribution in [0, 0.1) is 0 Å². The third-order valence-electron chi connectivity index (χ3n) is 2.43. The molecule has 1 aromatic heterocycles. The van der Waals surface area contributed by atoms with Crippen molar-refractivity contribution in [2.24, 2.45) is 5.73 Å². The van der Waals surface area contributed by atoms with Gasteiger partial charge in [0, 0.05) is 10.9 Å². The third kappa shape index (κ3) is 3.22. The zero-order valence-corrected chi connectivity index (χ0v) is 11.1. The molecular formula is C13H14ClNOS. The van der Waals surface area contributed by atoms with Crippen LogP contribution in [0.2, 0.25) is 5.02 Å². The lowest BCUT2D eigenvalue weighted by Crippen LogP contribution is -2.05. The maximum Gasteiger partial charge on any atom is 0.138 e. The molecule has 0 fully saturated rings. The van der Waals surface area contributed by atoms with Gasteiger partial charge in [-0.1, -0.05) is 23.7 Å². The summed E-state index contributed by atoms with van der Waals surface area (Å²) in [6.45, 7) is 2.48. The second kappa shape index (κ2) is 5.54. The van der Waals surface area contributed by atoms with Gasteiger partial charge in [0.25, 0.3) is 0 Å². The maximum atomic E-state index is 6.14. The quantitative estimate of drug-likeness (QED) is 0.909. The predicted molar refractivity (Wildman–Crippen MR) is 72.7 cm³/mol. The van der Waals surface area contributed by atoms with Crippen LogP contribution < -0.4 is 10.5 Å². The van der Waals surface area contributed by atoms with Gasteiger partial charge in [0.1, 0.15) is 12.4 Å². The molecule has 0 bridgehead atoms. The lowest BCUT2D eigenvalue weighted by Gasteiger charge is -2.10. The first-order valence-electron chi connectivity index (χ1n) is 5.37. The van der Waals surface area contributed by atoms with E-state index in [-0.39, 0.29) is 6.04 Å². The van der Waals surface area contributed by atoms with E-state index < -0.39 is 0 Å². The lowest BCUT2D eigenvalue weighted by molar-refractivity contribution is 0.310. The van der Waals surface area contributed by atoms with Gasteiger partial charge in [-0.3, -0.25) is 0 Å². The predicted octanol–water partition coefficient (Wildman–Crippen LogP) is 4.00. The molecule has 2 aromatic rings. The second-order valence-electron chi connectivity index (χ2n) is 3.85. The van der Waals surface area contributed by atoms with Gasteiger partial charge in [-0.25, -0.2) is 0 Å². The molecule has 2 rings (SSSR count). The van der Waals surface area contributed by atoms with Gasteiger partial charge in [-0.15, -0.1) is 11.3 Å². The maximum absolute atomic E-state index is 6.14. The molecule has 2 nitrogen and oxygen atoms in total. The van der Waals surface area contributed by atoms with Gasteiger partial charge in [0.15, 0.2) is 0 Å². The van der Waals surface area contributed by atoms with Crippen molar-refractivity contribution >= 4 is 22.9 Å². The molecule has 4 heteroatoms. The van der Waals surface area contributed by atoms with E-state index in [9.17, 15) is 0 Å². The van der Waals surface area contributed by atoms with E-state index in [1.165, 1.54) is 4.88 Å². The van der Waals surface area contributed by atoms with E-state index in [0.29, 0.717) is 17.4 Å². The molecule has 2 N–H and O–H groups in total. The molecule has 0 aliphatic carbocycles. The second-order valence-corrected chi connectivity index (χ2v) is 5.29. The van der Waals surface area contributed by atoms with Crippen molar-refractivity contribution in [2.45, 2.75) is 19.6 Å². The van der Waals surface area contributed by atoms with Crippen LogP contribution in [0.5, 0.6) is 5.75 Å². The van der Waals surface area contributed by atoms with E-state index in [1.54, 1.807) is 11.3 Å². The number of ether oxygens (including phenoxy) is 1. The van der Waals surface area contributed by atoms with Crippen LogP contribution in [-0.4, -0.2) is 0 Å². The zero-order valence-electron chi connectivity index (χ0n) is 9.52. The molecule has 0 aliphatic heterocycles. The largest absolute Gasteiger partial charge is 0.487 e. The topological polar surface area (TPSA) is 35.2 Å². The Kier molecular flexibility index (Phi) is 4.05. The van der Waals surface area contributed by atoms with Gasteiger partial charge in [0.2, 0.25) is 0 Å². The Bertz CT molecular complexity index is 482. The molecule has 1 heterocycles. The summed E-state index contributed by atoms with van der Waals surface area (Å²) < 4.78 is 5.65. The van der Waals surface area contributed by atoms with Crippen molar-refractivity contribution in [3.8, 4) is 5.75 Å². The van der Waals surface area contributed by atoms with E-state index in [0.717, 1.165) is 5.56 Å². The molecular weight excluding hydrogens is 254 g/mol. The highest BCUT2D eigenvalue weighted by atomic mass is 35.5. The van der Waals surface area contributed by atoms with E-state index in [1.807, 2.05) is 42.6 Å². The van der Waals surface area contributed by atoms with Crippen molar-refractivity contribution in [1.29, 1.82) is 0 Å². The van der Waals surface area contributed by atoms with Gasteiger partial charge in [-0.2, -0.15) is 0 Å². The Balaban J connectivity index is 2.06. The van der Waals surface area contributed by atoms with Crippen molar-refractivity contribution in [3.63, 3.8) is 0 Å². The minimum atomic E-state index is -0.0150. The fourth-order valence-electron chi connectivity index (χ4n) is 1.46. The van der Waals surface area contributed by atoms with Crippen LogP contribution in [0.4, 0.5) is 0 Å². The Labute approximate surface area is 110 Å². The standard InChI is InChI=1S/C13H14ClNOS/c1-9(15)10-4-5-13(12(14)7-10)16-8-11-3-2-6-17-11/h2-7,9H,8,15H2,1H3. The summed E-state index contributed by atoms with van der Waals surface area (Å²) in [5, 5.41) is 2.64. The molecule has 17 heavy (non-hydrogen) atoms. The van der Waals surface area contributed by atoms with E-state index >= 15 is 0 Å². The smallest absolute Gasteiger partial charge is 0.138 e. The van der Waals surface area contributed by atoms with Crippen LogP contribution in [-0.2, 0) is 6.61 Å². The Morgan fingerprint density at radius 1 is 1.41 bits per heavy atom. The van der Waals surface area contributed by atoms with Crippen molar-refractivity contribution in [1.82, 2.24) is 0 Å². The molecule has 90 valence electrons. The van der Waals surface area contributed by atoms with Crippen molar-refractivity contribution in [3.05, 3.63) is 51.2 Å². The highest BCUT2D eigenvalue weighted by Gasteiger charge is 2.06. The molecule has 0 radical (unpaired) electrons. The lowest BCUT2D eigenvalue weighted by atomic mass is 10.1. The van der Waals surface area contributed by atoms with Gasteiger partial charge in [-0.05, 0) is 36.1 Å². The first-order valence-corrected chi connectivity index (χ1v) is 6.63. The Morgan fingerprint density at radius 2 is 2.24 bits per heavy atom. The average molecular weight is 268 g/mol. The van der Waals surface area contributed by atoms with Crippen LogP contribution in [0.25, 0.3) is 0 Å². The normalized spacial score (nSPS) is 12.4. The third-order valence-corrected chi connectivity index (χ3v) is 3.58. The number of nitrogens with two attached hydrogens (primary N) is 1. The molecule has 1 unspecified atom stereocenters. The molecule has 1 aromatic carbocycles. The molecule has 1 atom stereocenters. The first kappa shape index (κ1) is 12.4. The van der Waals surface area contributed by atoms with E-state index in [4.69, 9.17) is 22.1 Å². The summed E-state index contributed by atoms with van der Waals surface area (Å²) in [6.07, 6.45) is 0. The molecule has 0 aliphatic rings. The fourth-order valence-corrected chi connectivity index (χ4v) is 2.32. The number of hydrogen-bond acceptors (Lipinski definition) is 3. The number of benzene rings is 1. The minimum Gasteiger partial charge on any atom is -0.487 e. The number of halogens is 1. The van der Waals surface area contributed by atoms with Crippen molar-refractivity contribution < 1.29 is 4.74 Å². The molecule has 0 spiro atoms. The Hall–Kier alpha value is -1.03. The highest BCUT2D eigenvalue weighted by molar-refractivity contribution is 7.09. The number of rotatable bonds is 4. The summed E-state index contributed by atoms with van der Waals surface area (Å²) in [7, 11) is 0. The van der Waals surface area contributed by atoms with Crippen LogP contribution in [0.15, 0.2) is 35.7 Å². The summed E-state index contributed by atoms with van der Waals surface area (Å²) in [5.41, 5.74) is 6.80. The fraction of sp³-hybridized carbons (Fsp3) is 0.231. The average Bonchev–Trinajstić information content (AvgIpc) is 2.80. The SMILES string of the molecule is CC(N)c1ccc(OCc2cccs2)c(Cl)c1. The summed E-state index contributed by atoms with van der Waals surface area (Å²) in [6, 6.07) is 9.70.